The predicted molar refractivity (Wildman–Crippen MR) is 66.5 cm³/mol. The first kappa shape index (κ1) is 12.2. The fraction of sp³-hybridized carbons (Fsp3) is 0.273. The lowest BCUT2D eigenvalue weighted by Crippen LogP contribution is -2.02. The Labute approximate surface area is 107 Å². The number of rotatable bonds is 4. The summed E-state index contributed by atoms with van der Waals surface area (Å²) in [5, 5.41) is 1.99. The number of furan rings is 1. The molecule has 2 rings (SSSR count). The van der Waals surface area contributed by atoms with Gasteiger partial charge in [-0.3, -0.25) is 0 Å². The Balaban J connectivity index is 2.04. The van der Waals surface area contributed by atoms with Crippen LogP contribution in [-0.4, -0.2) is 18.1 Å². The Hall–Kier alpha value is -1.27. The molecule has 0 atom stereocenters. The molecule has 0 amide bonds. The van der Waals surface area contributed by atoms with Gasteiger partial charge in [-0.25, -0.2) is 9.78 Å². The first-order chi connectivity index (χ1) is 8.20. The Morgan fingerprint density at radius 1 is 1.65 bits per heavy atom. The second kappa shape index (κ2) is 5.37. The van der Waals surface area contributed by atoms with Gasteiger partial charge in [-0.2, -0.15) is 0 Å². The van der Waals surface area contributed by atoms with Crippen molar-refractivity contribution in [1.29, 1.82) is 0 Å². The molecule has 0 aliphatic carbocycles. The highest BCUT2D eigenvalue weighted by atomic mass is 32.2. The maximum Gasteiger partial charge on any atom is 0.341 e. The molecular weight excluding hydrogens is 258 g/mol. The number of thiazole rings is 1. The van der Waals surface area contributed by atoms with E-state index in [1.54, 1.807) is 29.2 Å². The van der Waals surface area contributed by atoms with E-state index in [1.807, 2.05) is 12.3 Å². The Kier molecular flexibility index (Phi) is 3.86. The molecule has 0 fully saturated rings. The van der Waals surface area contributed by atoms with Gasteiger partial charge in [0.05, 0.1) is 19.1 Å². The second-order valence-corrected chi connectivity index (χ2v) is 5.37. The molecule has 6 heteroatoms. The van der Waals surface area contributed by atoms with Crippen LogP contribution in [0.15, 0.2) is 26.5 Å². The average Bonchev–Trinajstić information content (AvgIpc) is 2.94. The van der Waals surface area contributed by atoms with Crippen molar-refractivity contribution in [3.8, 4) is 0 Å². The van der Waals surface area contributed by atoms with E-state index in [1.165, 1.54) is 13.4 Å². The molecule has 0 aliphatic heterocycles. The van der Waals surface area contributed by atoms with Crippen molar-refractivity contribution in [1.82, 2.24) is 4.98 Å². The van der Waals surface area contributed by atoms with E-state index in [0.29, 0.717) is 17.1 Å². The Morgan fingerprint density at radius 2 is 2.47 bits per heavy atom. The lowest BCUT2D eigenvalue weighted by Gasteiger charge is -1.99. The number of thioether (sulfide) groups is 1. The second-order valence-electron chi connectivity index (χ2n) is 3.29. The van der Waals surface area contributed by atoms with Crippen LogP contribution in [0.3, 0.4) is 0 Å². The van der Waals surface area contributed by atoms with E-state index in [2.05, 4.69) is 9.72 Å². The number of esters is 1. The van der Waals surface area contributed by atoms with Crippen molar-refractivity contribution in [3.63, 3.8) is 0 Å². The van der Waals surface area contributed by atoms with Gasteiger partial charge in [-0.15, -0.1) is 11.3 Å². The monoisotopic (exact) mass is 269 g/mol. The van der Waals surface area contributed by atoms with Crippen LogP contribution in [0, 0.1) is 6.92 Å². The van der Waals surface area contributed by atoms with E-state index >= 15 is 0 Å². The minimum atomic E-state index is -0.371. The average molecular weight is 269 g/mol. The predicted octanol–water partition coefficient (Wildman–Crippen LogP) is 3.12. The van der Waals surface area contributed by atoms with Gasteiger partial charge in [0, 0.05) is 11.1 Å². The third kappa shape index (κ3) is 2.89. The van der Waals surface area contributed by atoms with Crippen molar-refractivity contribution in [3.05, 3.63) is 34.7 Å². The van der Waals surface area contributed by atoms with Gasteiger partial charge < -0.3 is 9.15 Å². The number of ether oxygens (including phenoxy) is 1. The van der Waals surface area contributed by atoms with Gasteiger partial charge in [0.1, 0.15) is 11.3 Å². The lowest BCUT2D eigenvalue weighted by atomic mass is 10.3. The molecule has 17 heavy (non-hydrogen) atoms. The van der Waals surface area contributed by atoms with E-state index in [4.69, 9.17) is 4.42 Å². The van der Waals surface area contributed by atoms with Crippen LogP contribution in [0.1, 0.15) is 21.8 Å². The maximum absolute atomic E-state index is 11.4. The zero-order valence-electron chi connectivity index (χ0n) is 9.43. The Bertz CT molecular complexity index is 518. The molecule has 0 saturated heterocycles. The van der Waals surface area contributed by atoms with E-state index in [0.717, 1.165) is 10.0 Å². The number of hydrogen-bond donors (Lipinski definition) is 0. The van der Waals surface area contributed by atoms with Crippen LogP contribution in [0.2, 0.25) is 0 Å². The summed E-state index contributed by atoms with van der Waals surface area (Å²) >= 11 is 3.13. The standard InChI is InChI=1S/C11H11NO3S2/c1-7-5-16-11(12-7)17-6-9-8(3-4-15-9)10(13)14-2/h3-5H,6H2,1-2H3. The summed E-state index contributed by atoms with van der Waals surface area (Å²) in [6, 6.07) is 1.62. The van der Waals surface area contributed by atoms with Gasteiger partial charge in [0.15, 0.2) is 4.34 Å². The number of nitrogens with zero attached hydrogens (tertiary/aromatic N) is 1. The van der Waals surface area contributed by atoms with Gasteiger partial charge in [0.2, 0.25) is 0 Å². The highest BCUT2D eigenvalue weighted by Gasteiger charge is 2.15. The van der Waals surface area contributed by atoms with Gasteiger partial charge in [0.25, 0.3) is 0 Å². The molecule has 4 nitrogen and oxygen atoms in total. The minimum absolute atomic E-state index is 0.371. The van der Waals surface area contributed by atoms with Gasteiger partial charge in [-0.1, -0.05) is 11.8 Å². The molecule has 90 valence electrons. The Morgan fingerprint density at radius 3 is 3.12 bits per heavy atom. The highest BCUT2D eigenvalue weighted by molar-refractivity contribution is 8.00. The van der Waals surface area contributed by atoms with Crippen LogP contribution in [-0.2, 0) is 10.5 Å². The van der Waals surface area contributed by atoms with Crippen LogP contribution < -0.4 is 0 Å². The third-order valence-electron chi connectivity index (χ3n) is 2.08. The summed E-state index contributed by atoms with van der Waals surface area (Å²) in [6.07, 6.45) is 1.50. The number of methoxy groups -OCH3 is 1. The van der Waals surface area contributed by atoms with E-state index < -0.39 is 0 Å². The molecule has 0 radical (unpaired) electrons. The van der Waals surface area contributed by atoms with E-state index in [-0.39, 0.29) is 5.97 Å². The summed E-state index contributed by atoms with van der Waals surface area (Å²) in [6.45, 7) is 1.95. The quantitative estimate of drug-likeness (QED) is 0.630. The molecule has 0 bridgehead atoms. The smallest absolute Gasteiger partial charge is 0.341 e. The van der Waals surface area contributed by atoms with Crippen molar-refractivity contribution in [2.45, 2.75) is 17.0 Å². The molecule has 0 aliphatic rings. The van der Waals surface area contributed by atoms with Crippen molar-refractivity contribution >= 4 is 29.1 Å². The highest BCUT2D eigenvalue weighted by Crippen LogP contribution is 2.27. The topological polar surface area (TPSA) is 52.3 Å². The van der Waals surface area contributed by atoms with Crippen molar-refractivity contribution in [2.75, 3.05) is 7.11 Å². The van der Waals surface area contributed by atoms with E-state index in [9.17, 15) is 4.79 Å². The minimum Gasteiger partial charge on any atom is -0.468 e. The van der Waals surface area contributed by atoms with Gasteiger partial charge >= 0.3 is 5.97 Å². The summed E-state index contributed by atoms with van der Waals surface area (Å²) in [4.78, 5) is 15.7. The molecule has 2 aromatic heterocycles. The normalized spacial score (nSPS) is 10.5. The molecule has 0 spiro atoms. The van der Waals surface area contributed by atoms with Crippen LogP contribution >= 0.6 is 23.1 Å². The maximum atomic E-state index is 11.4. The molecule has 0 saturated carbocycles. The van der Waals surface area contributed by atoms with Crippen molar-refractivity contribution < 1.29 is 13.9 Å². The zero-order chi connectivity index (χ0) is 12.3. The number of aryl methyl sites for hydroxylation is 1. The third-order valence-corrected chi connectivity index (χ3v) is 4.21. The fourth-order valence-corrected chi connectivity index (χ4v) is 3.07. The van der Waals surface area contributed by atoms with Gasteiger partial charge in [-0.05, 0) is 13.0 Å². The van der Waals surface area contributed by atoms with Crippen molar-refractivity contribution in [2.24, 2.45) is 0 Å². The lowest BCUT2D eigenvalue weighted by molar-refractivity contribution is 0.0598. The summed E-state index contributed by atoms with van der Waals surface area (Å²) in [7, 11) is 1.36. The molecular formula is C11H11NO3S2. The molecule has 0 unspecified atom stereocenters. The summed E-state index contributed by atoms with van der Waals surface area (Å²) in [5.41, 5.74) is 1.48. The first-order valence-corrected chi connectivity index (χ1v) is 6.77. The molecule has 0 N–H and O–H groups in total. The SMILES string of the molecule is COC(=O)c1ccoc1CSc1nc(C)cs1. The van der Waals surface area contributed by atoms with Crippen LogP contribution in [0.4, 0.5) is 0 Å². The van der Waals surface area contributed by atoms with Crippen LogP contribution in [0.25, 0.3) is 0 Å². The number of carbonyl (C=O) groups is 1. The fourth-order valence-electron chi connectivity index (χ4n) is 1.27. The summed E-state index contributed by atoms with van der Waals surface area (Å²) in [5.74, 6) is 0.823. The zero-order valence-corrected chi connectivity index (χ0v) is 11.1. The molecule has 0 aromatic carbocycles. The number of aromatic nitrogens is 1. The number of carbonyl (C=O) groups excluding carboxylic acids is 1. The number of hydrogen-bond acceptors (Lipinski definition) is 6. The summed E-state index contributed by atoms with van der Waals surface area (Å²) < 4.78 is 10.9. The van der Waals surface area contributed by atoms with Crippen LogP contribution in [0.5, 0.6) is 0 Å². The molecule has 2 heterocycles. The largest absolute Gasteiger partial charge is 0.468 e. The molecule has 2 aromatic rings. The first-order valence-electron chi connectivity index (χ1n) is 4.90.